The van der Waals surface area contributed by atoms with Crippen molar-refractivity contribution in [3.05, 3.63) is 42.0 Å². The first-order valence-electron chi connectivity index (χ1n) is 6.09. The van der Waals surface area contributed by atoms with Gasteiger partial charge >= 0.3 is 0 Å². The first-order chi connectivity index (χ1) is 9.04. The molecule has 2 aromatic rings. The Hall–Kier alpha value is -1.82. The number of rotatable bonds is 3. The number of nitrogens with zero attached hydrogens (tertiary/aromatic N) is 2. The number of H-pyrrole nitrogens is 1. The molecule has 1 aromatic heterocycles. The van der Waals surface area contributed by atoms with E-state index in [1.54, 1.807) is 24.7 Å². The molecule has 1 aliphatic rings. The van der Waals surface area contributed by atoms with Crippen LogP contribution in [-0.4, -0.2) is 31.2 Å². The van der Waals surface area contributed by atoms with E-state index in [-0.39, 0.29) is 0 Å². The van der Waals surface area contributed by atoms with Gasteiger partial charge in [0.1, 0.15) is 0 Å². The van der Waals surface area contributed by atoms with E-state index in [9.17, 15) is 8.42 Å². The van der Waals surface area contributed by atoms with Crippen molar-refractivity contribution in [3.8, 4) is 0 Å². The lowest BCUT2D eigenvalue weighted by atomic mass is 10.2. The van der Waals surface area contributed by atoms with E-state index in [4.69, 9.17) is 0 Å². The molecule has 1 aromatic carbocycles. The molecule has 5 nitrogen and oxygen atoms in total. The average molecular weight is 277 g/mol. The number of hydrogen-bond acceptors (Lipinski definition) is 4. The molecule has 0 unspecified atom stereocenters. The molecule has 0 atom stereocenters. The van der Waals surface area contributed by atoms with Crippen molar-refractivity contribution in [1.82, 2.24) is 9.97 Å². The lowest BCUT2D eigenvalue weighted by Crippen LogP contribution is -2.20. The van der Waals surface area contributed by atoms with E-state index in [1.165, 1.54) is 11.8 Å². The molecule has 19 heavy (non-hydrogen) atoms. The topological polar surface area (TPSA) is 66.1 Å². The van der Waals surface area contributed by atoms with Crippen LogP contribution in [0.4, 0.5) is 5.69 Å². The standard InChI is InChI=1S/C13H15N3O2S/c1-19(17,18)12-3-2-10-4-5-16(13(10)6-12)8-11-7-14-9-15-11/h2-3,6-7,9H,4-5,8H2,1H3,(H,14,15). The largest absolute Gasteiger partial charge is 0.365 e. The normalized spacial score (nSPS) is 14.7. The summed E-state index contributed by atoms with van der Waals surface area (Å²) in [7, 11) is -3.16. The molecule has 3 rings (SSSR count). The van der Waals surface area contributed by atoms with Gasteiger partial charge < -0.3 is 9.88 Å². The molecule has 100 valence electrons. The van der Waals surface area contributed by atoms with Crippen molar-refractivity contribution in [3.63, 3.8) is 0 Å². The summed E-state index contributed by atoms with van der Waals surface area (Å²) in [6, 6.07) is 5.38. The molecule has 0 radical (unpaired) electrons. The van der Waals surface area contributed by atoms with Crippen LogP contribution < -0.4 is 4.90 Å². The van der Waals surface area contributed by atoms with Crippen LogP contribution in [0.15, 0.2) is 35.6 Å². The summed E-state index contributed by atoms with van der Waals surface area (Å²) in [6.45, 7) is 1.63. The number of imidazole rings is 1. The minimum atomic E-state index is -3.16. The first kappa shape index (κ1) is 12.2. The predicted molar refractivity (Wildman–Crippen MR) is 72.9 cm³/mol. The van der Waals surface area contributed by atoms with E-state index in [0.29, 0.717) is 4.90 Å². The zero-order valence-corrected chi connectivity index (χ0v) is 11.4. The number of fused-ring (bicyclic) bond motifs is 1. The van der Waals surface area contributed by atoms with Crippen LogP contribution in [-0.2, 0) is 22.8 Å². The lowest BCUT2D eigenvalue weighted by molar-refractivity contribution is 0.602. The maximum atomic E-state index is 11.6. The molecule has 0 aliphatic carbocycles. The number of nitrogens with one attached hydrogen (secondary N) is 1. The monoisotopic (exact) mass is 277 g/mol. The van der Waals surface area contributed by atoms with Crippen molar-refractivity contribution in [2.24, 2.45) is 0 Å². The zero-order chi connectivity index (χ0) is 13.5. The van der Waals surface area contributed by atoms with Gasteiger partial charge in [0.25, 0.3) is 0 Å². The second kappa shape index (κ2) is 4.38. The van der Waals surface area contributed by atoms with Gasteiger partial charge in [0.2, 0.25) is 0 Å². The fraction of sp³-hybridized carbons (Fsp3) is 0.308. The highest BCUT2D eigenvalue weighted by atomic mass is 32.2. The Bertz CT molecular complexity index is 693. The van der Waals surface area contributed by atoms with Crippen molar-refractivity contribution < 1.29 is 8.42 Å². The third-order valence-electron chi connectivity index (χ3n) is 3.39. The lowest BCUT2D eigenvalue weighted by Gasteiger charge is -2.18. The zero-order valence-electron chi connectivity index (χ0n) is 10.6. The number of sulfone groups is 1. The Morgan fingerprint density at radius 1 is 1.42 bits per heavy atom. The Morgan fingerprint density at radius 3 is 2.95 bits per heavy atom. The Balaban J connectivity index is 1.94. The summed E-state index contributed by atoms with van der Waals surface area (Å²) < 4.78 is 23.2. The second-order valence-corrected chi connectivity index (χ2v) is 6.83. The summed E-state index contributed by atoms with van der Waals surface area (Å²) in [4.78, 5) is 9.62. The van der Waals surface area contributed by atoms with Gasteiger partial charge in [0.15, 0.2) is 9.84 Å². The number of aromatic nitrogens is 2. The number of hydrogen-bond donors (Lipinski definition) is 1. The highest BCUT2D eigenvalue weighted by Gasteiger charge is 2.21. The summed E-state index contributed by atoms with van der Waals surface area (Å²) >= 11 is 0. The van der Waals surface area contributed by atoms with Crippen LogP contribution in [0.3, 0.4) is 0 Å². The Morgan fingerprint density at radius 2 is 2.26 bits per heavy atom. The molecule has 1 aliphatic heterocycles. The van der Waals surface area contributed by atoms with E-state index in [2.05, 4.69) is 14.9 Å². The van der Waals surface area contributed by atoms with Crippen LogP contribution in [0, 0.1) is 0 Å². The molecule has 0 saturated heterocycles. The van der Waals surface area contributed by atoms with Crippen LogP contribution in [0.25, 0.3) is 0 Å². The molecule has 0 bridgehead atoms. The van der Waals surface area contributed by atoms with Crippen LogP contribution in [0.2, 0.25) is 0 Å². The molecule has 0 spiro atoms. The second-order valence-electron chi connectivity index (χ2n) is 4.81. The van der Waals surface area contributed by atoms with Gasteiger partial charge in [0.05, 0.1) is 23.5 Å². The summed E-state index contributed by atoms with van der Waals surface area (Å²) in [6.07, 6.45) is 5.63. The highest BCUT2D eigenvalue weighted by molar-refractivity contribution is 7.90. The highest BCUT2D eigenvalue weighted by Crippen LogP contribution is 2.31. The summed E-state index contributed by atoms with van der Waals surface area (Å²) in [5, 5.41) is 0. The molecular weight excluding hydrogens is 262 g/mol. The molecule has 0 saturated carbocycles. The number of anilines is 1. The summed E-state index contributed by atoms with van der Waals surface area (Å²) in [5.74, 6) is 0. The van der Waals surface area contributed by atoms with Gasteiger partial charge in [-0.1, -0.05) is 6.07 Å². The van der Waals surface area contributed by atoms with E-state index in [0.717, 1.165) is 30.9 Å². The molecule has 0 amide bonds. The van der Waals surface area contributed by atoms with Gasteiger partial charge in [-0.05, 0) is 24.1 Å². The van der Waals surface area contributed by atoms with Crippen LogP contribution >= 0.6 is 0 Å². The minimum absolute atomic E-state index is 0.378. The van der Waals surface area contributed by atoms with E-state index >= 15 is 0 Å². The van der Waals surface area contributed by atoms with Gasteiger partial charge in [-0.25, -0.2) is 13.4 Å². The fourth-order valence-corrected chi connectivity index (χ4v) is 3.04. The number of aromatic amines is 1. The van der Waals surface area contributed by atoms with Gasteiger partial charge in [-0.3, -0.25) is 0 Å². The molecule has 1 N–H and O–H groups in total. The van der Waals surface area contributed by atoms with Crippen molar-refractivity contribution in [2.75, 3.05) is 17.7 Å². The maximum Gasteiger partial charge on any atom is 0.175 e. The molecule has 0 fully saturated rings. The maximum absolute atomic E-state index is 11.6. The molecule has 6 heteroatoms. The van der Waals surface area contributed by atoms with Gasteiger partial charge in [-0.2, -0.15) is 0 Å². The van der Waals surface area contributed by atoms with Crippen LogP contribution in [0.5, 0.6) is 0 Å². The van der Waals surface area contributed by atoms with Crippen LogP contribution in [0.1, 0.15) is 11.3 Å². The van der Waals surface area contributed by atoms with Gasteiger partial charge in [0, 0.05) is 24.7 Å². The minimum Gasteiger partial charge on any atom is -0.365 e. The van der Waals surface area contributed by atoms with Crippen molar-refractivity contribution >= 4 is 15.5 Å². The SMILES string of the molecule is CS(=O)(=O)c1ccc2c(c1)N(Cc1cnc[nH]1)CC2. The summed E-state index contributed by atoms with van der Waals surface area (Å²) in [5.41, 5.74) is 3.24. The third-order valence-corrected chi connectivity index (χ3v) is 4.50. The first-order valence-corrected chi connectivity index (χ1v) is 7.98. The fourth-order valence-electron chi connectivity index (χ4n) is 2.40. The third kappa shape index (κ3) is 2.35. The van der Waals surface area contributed by atoms with Gasteiger partial charge in [-0.15, -0.1) is 0 Å². The quantitative estimate of drug-likeness (QED) is 0.920. The number of benzene rings is 1. The van der Waals surface area contributed by atoms with Crippen molar-refractivity contribution in [2.45, 2.75) is 17.9 Å². The smallest absolute Gasteiger partial charge is 0.175 e. The van der Waals surface area contributed by atoms with E-state index in [1.807, 2.05) is 6.07 Å². The van der Waals surface area contributed by atoms with Crippen molar-refractivity contribution in [1.29, 1.82) is 0 Å². The predicted octanol–water partition coefficient (Wildman–Crippen LogP) is 1.38. The average Bonchev–Trinajstić information content (AvgIpc) is 2.98. The Labute approximate surface area is 112 Å². The molecular formula is C13H15N3O2S. The Kier molecular flexibility index (Phi) is 2.82. The molecule has 2 heterocycles. The van der Waals surface area contributed by atoms with E-state index < -0.39 is 9.84 Å².